The van der Waals surface area contributed by atoms with Crippen LogP contribution in [0.25, 0.3) is 92.2 Å². The van der Waals surface area contributed by atoms with Crippen LogP contribution < -0.4 is 0 Å². The minimum absolute atomic E-state index is 0.0359. The molecule has 0 saturated carbocycles. The monoisotopic (exact) mass is 733 g/mol. The van der Waals surface area contributed by atoms with Crippen LogP contribution in [0, 0.1) is 0 Å². The van der Waals surface area contributed by atoms with Crippen LogP contribution in [-0.2, 0) is 10.8 Å². The Hall–Kier alpha value is -6.22. The van der Waals surface area contributed by atoms with Crippen molar-refractivity contribution in [2.24, 2.45) is 0 Å². The summed E-state index contributed by atoms with van der Waals surface area (Å²) in [7, 11) is 0. The molecule has 2 aromatic heterocycles. The first-order valence-corrected chi connectivity index (χ1v) is 20.6. The highest BCUT2D eigenvalue weighted by atomic mass is 32.1. The first kappa shape index (κ1) is 32.1. The van der Waals surface area contributed by atoms with E-state index in [1.165, 1.54) is 114 Å². The molecule has 10 aromatic rings. The van der Waals surface area contributed by atoms with Gasteiger partial charge in [-0.2, -0.15) is 0 Å². The summed E-state index contributed by atoms with van der Waals surface area (Å²) in [6.07, 6.45) is 0. The third-order valence-corrected chi connectivity index (χ3v) is 14.3. The standard InChI is InChI=1S/C54H39NS/c1-53(2)44-16-10-8-14-37(44)38-22-18-33(29-45(38)53)32-21-26-47-43(28-32)40-24-20-35(31-48(40)55(47)36-12-6-5-7-13-36)34-19-23-39-41-25-27-50-51(42-15-9-11-17-49(42)56-50)52(41)54(3,4)46(39)30-34/h5-31H,1-4H3. The van der Waals surface area contributed by atoms with Crippen molar-refractivity contribution in [2.45, 2.75) is 38.5 Å². The lowest BCUT2D eigenvalue weighted by molar-refractivity contribution is 0.660. The van der Waals surface area contributed by atoms with E-state index in [4.69, 9.17) is 0 Å². The van der Waals surface area contributed by atoms with E-state index in [9.17, 15) is 0 Å². The number of nitrogens with zero attached hydrogens (tertiary/aromatic N) is 1. The maximum Gasteiger partial charge on any atom is 0.0547 e. The summed E-state index contributed by atoms with van der Waals surface area (Å²) in [5, 5.41) is 5.34. The van der Waals surface area contributed by atoms with Crippen LogP contribution in [0.5, 0.6) is 0 Å². The van der Waals surface area contributed by atoms with Crippen LogP contribution in [0.3, 0.4) is 0 Å². The van der Waals surface area contributed by atoms with Gasteiger partial charge in [0.15, 0.2) is 0 Å². The zero-order valence-corrected chi connectivity index (χ0v) is 32.8. The molecule has 0 atom stereocenters. The van der Waals surface area contributed by atoms with E-state index in [-0.39, 0.29) is 10.8 Å². The zero-order chi connectivity index (χ0) is 37.5. The molecule has 0 bridgehead atoms. The molecule has 2 heteroatoms. The number of fused-ring (bicyclic) bond motifs is 13. The second-order valence-electron chi connectivity index (χ2n) is 16.9. The summed E-state index contributed by atoms with van der Waals surface area (Å²) < 4.78 is 5.19. The predicted molar refractivity (Wildman–Crippen MR) is 240 cm³/mol. The quantitative estimate of drug-likeness (QED) is 0.170. The second kappa shape index (κ2) is 11.2. The minimum atomic E-state index is -0.126. The molecule has 266 valence electrons. The molecule has 12 rings (SSSR count). The number of rotatable bonds is 3. The maximum absolute atomic E-state index is 2.47. The van der Waals surface area contributed by atoms with Crippen molar-refractivity contribution in [3.05, 3.63) is 186 Å². The van der Waals surface area contributed by atoms with Crippen LogP contribution >= 0.6 is 11.3 Å². The van der Waals surface area contributed by atoms with Crippen molar-refractivity contribution in [2.75, 3.05) is 0 Å². The van der Waals surface area contributed by atoms with Crippen molar-refractivity contribution in [1.29, 1.82) is 0 Å². The van der Waals surface area contributed by atoms with E-state index < -0.39 is 0 Å². The van der Waals surface area contributed by atoms with Crippen molar-refractivity contribution in [3.63, 3.8) is 0 Å². The van der Waals surface area contributed by atoms with Crippen LogP contribution in [0.2, 0.25) is 0 Å². The van der Waals surface area contributed by atoms with Crippen LogP contribution in [0.15, 0.2) is 164 Å². The number of aromatic nitrogens is 1. The Morgan fingerprint density at radius 3 is 1.82 bits per heavy atom. The molecular weight excluding hydrogens is 695 g/mol. The van der Waals surface area contributed by atoms with E-state index in [2.05, 4.69) is 196 Å². The molecule has 0 N–H and O–H groups in total. The van der Waals surface area contributed by atoms with E-state index in [1.54, 1.807) is 0 Å². The highest BCUT2D eigenvalue weighted by Crippen LogP contribution is 2.55. The summed E-state index contributed by atoms with van der Waals surface area (Å²) in [5.41, 5.74) is 19.6. The Morgan fingerprint density at radius 1 is 0.393 bits per heavy atom. The van der Waals surface area contributed by atoms with Gasteiger partial charge in [0.25, 0.3) is 0 Å². The summed E-state index contributed by atoms with van der Waals surface area (Å²) in [5.74, 6) is 0. The number of para-hydroxylation sites is 1. The van der Waals surface area contributed by atoms with Crippen molar-refractivity contribution in [3.8, 4) is 50.2 Å². The molecule has 0 unspecified atom stereocenters. The van der Waals surface area contributed by atoms with Crippen LogP contribution in [-0.4, -0.2) is 4.57 Å². The molecule has 56 heavy (non-hydrogen) atoms. The molecule has 2 aliphatic rings. The summed E-state index contributed by atoms with van der Waals surface area (Å²) in [6.45, 7) is 9.56. The molecule has 0 saturated heterocycles. The van der Waals surface area contributed by atoms with Gasteiger partial charge >= 0.3 is 0 Å². The molecular formula is C54H39NS. The fourth-order valence-electron chi connectivity index (χ4n) is 10.4. The van der Waals surface area contributed by atoms with Gasteiger partial charge in [0, 0.05) is 47.5 Å². The Morgan fingerprint density at radius 2 is 1.00 bits per heavy atom. The van der Waals surface area contributed by atoms with Gasteiger partial charge in [-0.05, 0) is 121 Å². The van der Waals surface area contributed by atoms with E-state index in [1.807, 2.05) is 11.3 Å². The molecule has 8 aromatic carbocycles. The number of benzene rings is 8. The highest BCUT2D eigenvalue weighted by molar-refractivity contribution is 7.25. The molecule has 0 amide bonds. The molecule has 0 aliphatic heterocycles. The molecule has 0 fully saturated rings. The molecule has 1 nitrogen and oxygen atoms in total. The first-order valence-electron chi connectivity index (χ1n) is 19.8. The average Bonchev–Trinajstić information content (AvgIpc) is 3.91. The predicted octanol–water partition coefficient (Wildman–Crippen LogP) is 15.1. The highest BCUT2D eigenvalue weighted by Gasteiger charge is 2.38. The van der Waals surface area contributed by atoms with Gasteiger partial charge in [-0.15, -0.1) is 11.3 Å². The fourth-order valence-corrected chi connectivity index (χ4v) is 11.5. The minimum Gasteiger partial charge on any atom is -0.309 e. The molecule has 0 spiro atoms. The second-order valence-corrected chi connectivity index (χ2v) is 18.0. The SMILES string of the molecule is CC1(C)c2ccccc2-c2ccc(-c3ccc4c(c3)c3ccc(-c5ccc6c(c5)C(C)(C)c5c-6ccc6sc7ccccc7c56)cc3n4-c3ccccc3)cc21. The van der Waals surface area contributed by atoms with Crippen molar-refractivity contribution in [1.82, 2.24) is 4.57 Å². The van der Waals surface area contributed by atoms with Gasteiger partial charge in [-0.3, -0.25) is 0 Å². The average molecular weight is 734 g/mol. The number of hydrogen-bond donors (Lipinski definition) is 0. The normalized spacial score (nSPS) is 14.7. The Kier molecular flexibility index (Phi) is 6.40. The van der Waals surface area contributed by atoms with E-state index in [0.29, 0.717) is 0 Å². The number of hydrogen-bond acceptors (Lipinski definition) is 1. The largest absolute Gasteiger partial charge is 0.309 e. The van der Waals surface area contributed by atoms with Gasteiger partial charge in [0.1, 0.15) is 0 Å². The van der Waals surface area contributed by atoms with Gasteiger partial charge in [-0.1, -0.05) is 137 Å². The number of thiophene rings is 1. The molecule has 0 radical (unpaired) electrons. The third kappa shape index (κ3) is 4.25. The van der Waals surface area contributed by atoms with E-state index in [0.717, 1.165) is 0 Å². The van der Waals surface area contributed by atoms with Crippen molar-refractivity contribution < 1.29 is 0 Å². The molecule has 2 heterocycles. The summed E-state index contributed by atoms with van der Waals surface area (Å²) in [4.78, 5) is 0. The fraction of sp³-hybridized carbons (Fsp3) is 0.111. The lowest BCUT2D eigenvalue weighted by atomic mass is 9.80. The topological polar surface area (TPSA) is 4.93 Å². The summed E-state index contributed by atoms with van der Waals surface area (Å²) >= 11 is 1.91. The zero-order valence-electron chi connectivity index (χ0n) is 31.9. The Bertz CT molecular complexity index is 3300. The lowest BCUT2D eigenvalue weighted by Gasteiger charge is -2.23. The van der Waals surface area contributed by atoms with Crippen LogP contribution in [0.1, 0.15) is 49.9 Å². The van der Waals surface area contributed by atoms with Gasteiger partial charge < -0.3 is 4.57 Å². The Balaban J connectivity index is 1.01. The van der Waals surface area contributed by atoms with Gasteiger partial charge in [0.2, 0.25) is 0 Å². The third-order valence-electron chi connectivity index (χ3n) is 13.2. The van der Waals surface area contributed by atoms with Gasteiger partial charge in [0.05, 0.1) is 11.0 Å². The smallest absolute Gasteiger partial charge is 0.0547 e. The van der Waals surface area contributed by atoms with E-state index >= 15 is 0 Å². The van der Waals surface area contributed by atoms with Crippen molar-refractivity contribution >= 4 is 53.3 Å². The maximum atomic E-state index is 2.47. The Labute approximate surface area is 331 Å². The lowest BCUT2D eigenvalue weighted by Crippen LogP contribution is -2.15. The summed E-state index contributed by atoms with van der Waals surface area (Å²) in [6, 6.07) is 61.8. The molecule has 2 aliphatic carbocycles. The first-order chi connectivity index (χ1) is 27.3. The van der Waals surface area contributed by atoms with Gasteiger partial charge in [-0.25, -0.2) is 0 Å². The van der Waals surface area contributed by atoms with Crippen LogP contribution in [0.4, 0.5) is 0 Å².